The van der Waals surface area contributed by atoms with Crippen LogP contribution in [0.4, 0.5) is 0 Å². The monoisotopic (exact) mass is 244 g/mol. The number of fused-ring (bicyclic) bond motifs is 2. The quantitative estimate of drug-likeness (QED) is 0.522. The summed E-state index contributed by atoms with van der Waals surface area (Å²) in [6.45, 7) is 4.10. The first-order chi connectivity index (χ1) is 5.97. The molecule has 2 saturated carbocycles. The Morgan fingerprint density at radius 3 is 2.38 bits per heavy atom. The van der Waals surface area contributed by atoms with E-state index in [-0.39, 0.29) is 22.9 Å². The van der Waals surface area contributed by atoms with Crippen molar-refractivity contribution in [2.75, 3.05) is 5.33 Å². The summed E-state index contributed by atoms with van der Waals surface area (Å²) in [5, 5.41) is 0.633. The molecule has 0 radical (unpaired) electrons. The van der Waals surface area contributed by atoms with E-state index in [9.17, 15) is 9.59 Å². The van der Waals surface area contributed by atoms with Crippen LogP contribution >= 0.6 is 15.9 Å². The molecule has 0 N–H and O–H groups in total. The molecule has 0 aromatic rings. The average molecular weight is 245 g/mol. The maximum atomic E-state index is 11.8. The van der Waals surface area contributed by atoms with E-state index in [0.717, 1.165) is 12.8 Å². The molecule has 0 saturated heterocycles. The summed E-state index contributed by atoms with van der Waals surface area (Å²) in [6.07, 6.45) is 1.77. The van der Waals surface area contributed by atoms with Crippen molar-refractivity contribution in [1.82, 2.24) is 0 Å². The van der Waals surface area contributed by atoms with E-state index in [0.29, 0.717) is 5.33 Å². The minimum Gasteiger partial charge on any atom is -0.291 e. The van der Waals surface area contributed by atoms with Gasteiger partial charge in [0.2, 0.25) is 11.6 Å². The number of alkyl halides is 1. The number of carbonyl (C=O) groups is 2. The Kier molecular flexibility index (Phi) is 1.76. The third-order valence-electron chi connectivity index (χ3n) is 4.17. The van der Waals surface area contributed by atoms with Gasteiger partial charge in [-0.2, -0.15) is 0 Å². The highest BCUT2D eigenvalue weighted by Gasteiger charge is 2.68. The van der Waals surface area contributed by atoms with Crippen molar-refractivity contribution in [3.05, 3.63) is 0 Å². The lowest BCUT2D eigenvalue weighted by Crippen LogP contribution is -2.38. The first-order valence-corrected chi connectivity index (χ1v) is 5.74. The molecule has 13 heavy (non-hydrogen) atoms. The molecule has 2 fully saturated rings. The summed E-state index contributed by atoms with van der Waals surface area (Å²) in [6, 6.07) is 0. The van der Waals surface area contributed by atoms with E-state index < -0.39 is 5.41 Å². The predicted octanol–water partition coefficient (Wildman–Crippen LogP) is 1.96. The van der Waals surface area contributed by atoms with Crippen molar-refractivity contribution >= 4 is 27.5 Å². The van der Waals surface area contributed by atoms with E-state index in [1.807, 2.05) is 0 Å². The summed E-state index contributed by atoms with van der Waals surface area (Å²) in [7, 11) is 0. The number of Topliss-reactive ketones (excluding diaryl/α,β-unsaturated/α-hetero) is 2. The zero-order chi connectivity index (χ0) is 9.85. The highest BCUT2D eigenvalue weighted by Crippen LogP contribution is 2.62. The third kappa shape index (κ3) is 0.797. The van der Waals surface area contributed by atoms with Crippen LogP contribution in [0.15, 0.2) is 0 Å². The first-order valence-electron chi connectivity index (χ1n) is 4.62. The number of hydrogen-bond acceptors (Lipinski definition) is 2. The first kappa shape index (κ1) is 9.38. The molecule has 0 aromatic carbocycles. The number of rotatable bonds is 1. The van der Waals surface area contributed by atoms with Crippen LogP contribution in [0.3, 0.4) is 0 Å². The van der Waals surface area contributed by atoms with E-state index in [4.69, 9.17) is 0 Å². The van der Waals surface area contributed by atoms with E-state index >= 15 is 0 Å². The maximum absolute atomic E-state index is 11.8. The van der Waals surface area contributed by atoms with Crippen LogP contribution in [-0.2, 0) is 9.59 Å². The lowest BCUT2D eigenvalue weighted by Gasteiger charge is -2.33. The van der Waals surface area contributed by atoms with Gasteiger partial charge in [0.1, 0.15) is 0 Å². The molecule has 72 valence electrons. The molecule has 0 unspecified atom stereocenters. The van der Waals surface area contributed by atoms with E-state index in [1.54, 1.807) is 0 Å². The Hall–Kier alpha value is -0.180. The van der Waals surface area contributed by atoms with Crippen LogP contribution in [0.2, 0.25) is 0 Å². The van der Waals surface area contributed by atoms with Crippen LogP contribution in [-0.4, -0.2) is 16.9 Å². The number of ketones is 2. The Morgan fingerprint density at radius 2 is 2.08 bits per heavy atom. The summed E-state index contributed by atoms with van der Waals surface area (Å²) >= 11 is 3.39. The molecule has 0 heterocycles. The fraction of sp³-hybridized carbons (Fsp3) is 0.800. The van der Waals surface area contributed by atoms with Crippen LogP contribution in [0.1, 0.15) is 26.7 Å². The minimum atomic E-state index is -0.394. The lowest BCUT2D eigenvalue weighted by molar-refractivity contribution is -0.141. The van der Waals surface area contributed by atoms with Gasteiger partial charge in [-0.05, 0) is 18.3 Å². The Balaban J connectivity index is 2.56. The van der Waals surface area contributed by atoms with E-state index in [1.165, 1.54) is 0 Å². The molecule has 0 aromatic heterocycles. The maximum Gasteiger partial charge on any atom is 0.206 e. The second-order valence-electron chi connectivity index (χ2n) is 4.72. The number of halogens is 1. The normalized spacial score (nSPS) is 41.6. The van der Waals surface area contributed by atoms with Crippen molar-refractivity contribution < 1.29 is 9.59 Å². The van der Waals surface area contributed by atoms with Crippen molar-refractivity contribution in [1.29, 1.82) is 0 Å². The fourth-order valence-electron chi connectivity index (χ4n) is 2.97. The molecule has 3 heteroatoms. The SMILES string of the molecule is CC1(C)[C@@H]2CC[C@]1(CBr)C(=O)C2=O. The molecule has 0 amide bonds. The van der Waals surface area contributed by atoms with Crippen molar-refractivity contribution in [2.45, 2.75) is 26.7 Å². The zero-order valence-corrected chi connectivity index (χ0v) is 9.48. The molecular formula is C10H13BrO2. The van der Waals surface area contributed by atoms with Crippen molar-refractivity contribution in [2.24, 2.45) is 16.7 Å². The molecule has 2 nitrogen and oxygen atoms in total. The standard InChI is InChI=1S/C10H13BrO2/c1-9(2)6-3-4-10(9,5-11)8(13)7(6)12/h6H,3-5H2,1-2H3/t6-,10+/m1/s1. The highest BCUT2D eigenvalue weighted by molar-refractivity contribution is 9.09. The number of hydrogen-bond donors (Lipinski definition) is 0. The van der Waals surface area contributed by atoms with Crippen molar-refractivity contribution in [3.8, 4) is 0 Å². The Morgan fingerprint density at radius 1 is 1.46 bits per heavy atom. The lowest BCUT2D eigenvalue weighted by atomic mass is 9.70. The van der Waals surface area contributed by atoms with Gasteiger partial charge in [0.15, 0.2) is 0 Å². The number of carbonyl (C=O) groups excluding carboxylic acids is 2. The van der Waals surface area contributed by atoms with Gasteiger partial charge in [-0.3, -0.25) is 9.59 Å². The molecule has 2 rings (SSSR count). The highest BCUT2D eigenvalue weighted by atomic mass is 79.9. The molecule has 2 aliphatic carbocycles. The summed E-state index contributed by atoms with van der Waals surface area (Å²) in [5.41, 5.74) is -0.528. The Labute approximate surface area is 86.2 Å². The van der Waals surface area contributed by atoms with Gasteiger partial charge in [-0.1, -0.05) is 29.8 Å². The van der Waals surface area contributed by atoms with Gasteiger partial charge in [-0.25, -0.2) is 0 Å². The van der Waals surface area contributed by atoms with Crippen LogP contribution in [0.5, 0.6) is 0 Å². The summed E-state index contributed by atoms with van der Waals surface area (Å²) in [4.78, 5) is 23.3. The van der Waals surface area contributed by atoms with Gasteiger partial charge in [0.05, 0.1) is 5.41 Å². The fourth-order valence-corrected chi connectivity index (χ4v) is 4.22. The molecule has 2 bridgehead atoms. The van der Waals surface area contributed by atoms with Gasteiger partial charge in [0.25, 0.3) is 0 Å². The third-order valence-corrected chi connectivity index (χ3v) is 5.12. The smallest absolute Gasteiger partial charge is 0.206 e. The second-order valence-corrected chi connectivity index (χ2v) is 5.28. The van der Waals surface area contributed by atoms with Crippen LogP contribution < -0.4 is 0 Å². The van der Waals surface area contributed by atoms with Crippen LogP contribution in [0, 0.1) is 16.7 Å². The molecule has 2 aliphatic rings. The predicted molar refractivity (Wildman–Crippen MR) is 52.7 cm³/mol. The zero-order valence-electron chi connectivity index (χ0n) is 7.89. The van der Waals surface area contributed by atoms with Gasteiger partial charge >= 0.3 is 0 Å². The topological polar surface area (TPSA) is 34.1 Å². The average Bonchev–Trinajstić information content (AvgIpc) is 2.41. The second kappa shape index (κ2) is 2.44. The van der Waals surface area contributed by atoms with Gasteiger partial charge in [-0.15, -0.1) is 0 Å². The molecule has 2 atom stereocenters. The molecule has 0 aliphatic heterocycles. The summed E-state index contributed by atoms with van der Waals surface area (Å²) < 4.78 is 0. The van der Waals surface area contributed by atoms with Crippen LogP contribution in [0.25, 0.3) is 0 Å². The van der Waals surface area contributed by atoms with Gasteiger partial charge in [0, 0.05) is 11.2 Å². The summed E-state index contributed by atoms with van der Waals surface area (Å²) in [5.74, 6) is -0.279. The largest absolute Gasteiger partial charge is 0.291 e. The minimum absolute atomic E-state index is 0.0162. The molecular weight excluding hydrogens is 232 g/mol. The van der Waals surface area contributed by atoms with E-state index in [2.05, 4.69) is 29.8 Å². The molecule has 0 spiro atoms. The van der Waals surface area contributed by atoms with Crippen molar-refractivity contribution in [3.63, 3.8) is 0 Å². The Bertz CT molecular complexity index is 295. The van der Waals surface area contributed by atoms with Gasteiger partial charge < -0.3 is 0 Å².